The number of aryl methyl sites for hydroxylation is 1. The second-order valence-corrected chi connectivity index (χ2v) is 9.77. The number of halogens is 1. The van der Waals surface area contributed by atoms with Gasteiger partial charge in [0.05, 0.1) is 12.0 Å². The number of nitrogens with zero attached hydrogens (tertiary/aromatic N) is 4. The number of ether oxygens (including phenoxy) is 1. The third-order valence-electron chi connectivity index (χ3n) is 5.16. The smallest absolute Gasteiger partial charge is 0.243 e. The van der Waals surface area contributed by atoms with E-state index in [-0.39, 0.29) is 4.90 Å². The molecule has 2 aromatic carbocycles. The fourth-order valence-electron chi connectivity index (χ4n) is 3.49. The summed E-state index contributed by atoms with van der Waals surface area (Å²) in [7, 11) is -1.97. The summed E-state index contributed by atoms with van der Waals surface area (Å²) in [6.07, 6.45) is 0. The lowest BCUT2D eigenvalue weighted by Gasteiger charge is -2.34. The Morgan fingerprint density at radius 1 is 1.00 bits per heavy atom. The summed E-state index contributed by atoms with van der Waals surface area (Å²) in [6, 6.07) is 15.8. The Balaban J connectivity index is 1.46. The molecular formula is C22H24ClN5O3S. The van der Waals surface area contributed by atoms with Gasteiger partial charge in [-0.1, -0.05) is 17.7 Å². The van der Waals surface area contributed by atoms with Crippen molar-refractivity contribution in [3.8, 4) is 5.75 Å². The summed E-state index contributed by atoms with van der Waals surface area (Å²) in [5.74, 6) is 2.02. The molecule has 1 N–H and O–H groups in total. The average molecular weight is 474 g/mol. The van der Waals surface area contributed by atoms with E-state index in [1.165, 1.54) is 10.4 Å². The zero-order valence-corrected chi connectivity index (χ0v) is 19.4. The van der Waals surface area contributed by atoms with Gasteiger partial charge < -0.3 is 15.0 Å². The van der Waals surface area contributed by atoms with Crippen LogP contribution >= 0.6 is 11.6 Å². The van der Waals surface area contributed by atoms with E-state index in [1.807, 2.05) is 42.2 Å². The largest absolute Gasteiger partial charge is 0.497 e. The van der Waals surface area contributed by atoms with Gasteiger partial charge in [-0.15, -0.1) is 0 Å². The third-order valence-corrected chi connectivity index (χ3v) is 7.29. The van der Waals surface area contributed by atoms with Gasteiger partial charge in [0.25, 0.3) is 0 Å². The second kappa shape index (κ2) is 9.32. The maximum absolute atomic E-state index is 12.9. The quantitative estimate of drug-likeness (QED) is 0.584. The van der Waals surface area contributed by atoms with Crippen molar-refractivity contribution in [3.05, 3.63) is 65.3 Å². The van der Waals surface area contributed by atoms with Gasteiger partial charge in [0.1, 0.15) is 11.6 Å². The molecule has 3 aromatic rings. The van der Waals surface area contributed by atoms with Crippen LogP contribution in [-0.2, 0) is 10.0 Å². The van der Waals surface area contributed by atoms with E-state index < -0.39 is 10.0 Å². The first kappa shape index (κ1) is 22.3. The van der Waals surface area contributed by atoms with Crippen LogP contribution in [0.15, 0.2) is 59.5 Å². The second-order valence-electron chi connectivity index (χ2n) is 7.40. The molecule has 8 nitrogen and oxygen atoms in total. The summed E-state index contributed by atoms with van der Waals surface area (Å²) in [5, 5.41) is 3.68. The predicted molar refractivity (Wildman–Crippen MR) is 125 cm³/mol. The van der Waals surface area contributed by atoms with E-state index in [0.717, 1.165) is 17.1 Å². The lowest BCUT2D eigenvalue weighted by molar-refractivity contribution is 0.382. The molecule has 0 bridgehead atoms. The molecule has 4 rings (SSSR count). The fraction of sp³-hybridized carbons (Fsp3) is 0.273. The minimum atomic E-state index is -3.59. The van der Waals surface area contributed by atoms with Crippen molar-refractivity contribution in [1.29, 1.82) is 0 Å². The maximum Gasteiger partial charge on any atom is 0.243 e. The van der Waals surface area contributed by atoms with Gasteiger partial charge in [-0.3, -0.25) is 0 Å². The van der Waals surface area contributed by atoms with E-state index in [1.54, 1.807) is 25.3 Å². The fourth-order valence-corrected chi connectivity index (χ4v) is 5.21. The molecule has 0 aliphatic carbocycles. The van der Waals surface area contributed by atoms with Gasteiger partial charge in [0.15, 0.2) is 0 Å². The molecule has 0 unspecified atom stereocenters. The number of hydrogen-bond donors (Lipinski definition) is 1. The molecule has 32 heavy (non-hydrogen) atoms. The van der Waals surface area contributed by atoms with Crippen LogP contribution < -0.4 is 15.0 Å². The van der Waals surface area contributed by atoms with E-state index in [9.17, 15) is 8.42 Å². The van der Waals surface area contributed by atoms with Crippen molar-refractivity contribution in [2.45, 2.75) is 11.8 Å². The molecule has 0 amide bonds. The molecular weight excluding hydrogens is 450 g/mol. The van der Waals surface area contributed by atoms with Crippen molar-refractivity contribution >= 4 is 39.1 Å². The first-order valence-electron chi connectivity index (χ1n) is 10.1. The number of nitrogens with one attached hydrogen (secondary N) is 1. The Morgan fingerprint density at radius 3 is 2.38 bits per heavy atom. The van der Waals surface area contributed by atoms with Gasteiger partial charge >= 0.3 is 0 Å². The summed E-state index contributed by atoms with van der Waals surface area (Å²) in [4.78, 5) is 11.4. The molecule has 1 aliphatic heterocycles. The van der Waals surface area contributed by atoms with Crippen LogP contribution in [0.5, 0.6) is 5.75 Å². The van der Waals surface area contributed by atoms with Crippen molar-refractivity contribution < 1.29 is 13.2 Å². The van der Waals surface area contributed by atoms with Crippen LogP contribution in [0, 0.1) is 6.92 Å². The average Bonchev–Trinajstić information content (AvgIpc) is 2.79. The Morgan fingerprint density at radius 2 is 1.72 bits per heavy atom. The highest BCUT2D eigenvalue weighted by molar-refractivity contribution is 7.89. The Bertz CT molecular complexity index is 1200. The molecule has 0 atom stereocenters. The summed E-state index contributed by atoms with van der Waals surface area (Å²) in [6.45, 7) is 3.57. The maximum atomic E-state index is 12.9. The van der Waals surface area contributed by atoms with Crippen LogP contribution in [0.1, 0.15) is 5.69 Å². The number of sulfonamides is 1. The van der Waals surface area contributed by atoms with Gasteiger partial charge in [-0.25, -0.2) is 13.4 Å². The Labute approximate surface area is 192 Å². The molecule has 1 aliphatic rings. The highest BCUT2D eigenvalue weighted by Crippen LogP contribution is 2.24. The Kier molecular flexibility index (Phi) is 6.50. The lowest BCUT2D eigenvalue weighted by Crippen LogP contribution is -2.49. The van der Waals surface area contributed by atoms with E-state index in [0.29, 0.717) is 43.0 Å². The third kappa shape index (κ3) is 4.95. The van der Waals surface area contributed by atoms with Crippen molar-refractivity contribution in [2.75, 3.05) is 43.5 Å². The predicted octanol–water partition coefficient (Wildman–Crippen LogP) is 3.70. The summed E-state index contributed by atoms with van der Waals surface area (Å²) < 4.78 is 32.5. The number of anilines is 3. The normalized spacial score (nSPS) is 14.9. The molecule has 0 spiro atoms. The zero-order chi connectivity index (χ0) is 22.7. The van der Waals surface area contributed by atoms with Crippen LogP contribution in [0.3, 0.4) is 0 Å². The minimum Gasteiger partial charge on any atom is -0.497 e. The number of rotatable bonds is 6. The number of aromatic nitrogens is 2. The van der Waals surface area contributed by atoms with E-state index in [2.05, 4.69) is 15.3 Å². The number of hydrogen-bond acceptors (Lipinski definition) is 7. The topological polar surface area (TPSA) is 87.7 Å². The summed E-state index contributed by atoms with van der Waals surface area (Å²) >= 11 is 5.98. The highest BCUT2D eigenvalue weighted by atomic mass is 35.5. The number of benzene rings is 2. The van der Waals surface area contributed by atoms with E-state index >= 15 is 0 Å². The lowest BCUT2D eigenvalue weighted by atomic mass is 10.3. The molecule has 2 heterocycles. The first-order chi connectivity index (χ1) is 15.3. The van der Waals surface area contributed by atoms with Gasteiger partial charge in [-0.2, -0.15) is 9.29 Å². The molecule has 168 valence electrons. The van der Waals surface area contributed by atoms with Crippen LogP contribution in [-0.4, -0.2) is 56.0 Å². The molecule has 1 fully saturated rings. The SMILES string of the molecule is COc1ccc(Nc2cc(C)nc(N3CCN(S(=O)(=O)c4cccc(Cl)c4)CC3)n2)cc1. The minimum absolute atomic E-state index is 0.205. The standard InChI is InChI=1S/C22H24ClN5O3S/c1-16-14-21(25-18-6-8-19(31-2)9-7-18)26-22(24-16)27-10-12-28(13-11-27)32(29,30)20-5-3-4-17(23)15-20/h3-9,14-15H,10-13H2,1-2H3,(H,24,25,26). The zero-order valence-electron chi connectivity index (χ0n) is 17.8. The highest BCUT2D eigenvalue weighted by Gasteiger charge is 2.29. The van der Waals surface area contributed by atoms with Crippen LogP contribution in [0.2, 0.25) is 5.02 Å². The molecule has 10 heteroatoms. The summed E-state index contributed by atoms with van der Waals surface area (Å²) in [5.41, 5.74) is 1.70. The molecule has 1 saturated heterocycles. The number of methoxy groups -OCH3 is 1. The Hall–Kier alpha value is -2.88. The van der Waals surface area contributed by atoms with E-state index in [4.69, 9.17) is 16.3 Å². The molecule has 0 radical (unpaired) electrons. The molecule has 1 aromatic heterocycles. The van der Waals surface area contributed by atoms with Crippen molar-refractivity contribution in [2.24, 2.45) is 0 Å². The molecule has 0 saturated carbocycles. The first-order valence-corrected chi connectivity index (χ1v) is 11.9. The van der Waals surface area contributed by atoms with Gasteiger partial charge in [-0.05, 0) is 49.4 Å². The van der Waals surface area contributed by atoms with Crippen LogP contribution in [0.25, 0.3) is 0 Å². The van der Waals surface area contributed by atoms with Crippen LogP contribution in [0.4, 0.5) is 17.5 Å². The number of piperazine rings is 1. The van der Waals surface area contributed by atoms with Crippen molar-refractivity contribution in [3.63, 3.8) is 0 Å². The van der Waals surface area contributed by atoms with Crippen molar-refractivity contribution in [1.82, 2.24) is 14.3 Å². The monoisotopic (exact) mass is 473 g/mol. The van der Waals surface area contributed by atoms with Gasteiger partial charge in [0.2, 0.25) is 16.0 Å². The van der Waals surface area contributed by atoms with Gasteiger partial charge in [0, 0.05) is 48.6 Å².